The fraction of sp³-hybridized carbons (Fsp3) is 0.321. The van der Waals surface area contributed by atoms with E-state index in [4.69, 9.17) is 9.72 Å². The molecule has 182 valence electrons. The zero-order valence-electron chi connectivity index (χ0n) is 20.3. The molecule has 4 aromatic rings. The molecule has 1 N–H and O–H groups in total. The number of fused-ring (bicyclic) bond motifs is 3. The first kappa shape index (κ1) is 22.4. The number of rotatable bonds is 8. The Morgan fingerprint density at radius 2 is 1.94 bits per heavy atom. The van der Waals surface area contributed by atoms with Gasteiger partial charge < -0.3 is 10.1 Å². The van der Waals surface area contributed by atoms with Gasteiger partial charge in [0.1, 0.15) is 5.75 Å². The highest BCUT2D eigenvalue weighted by Gasteiger charge is 2.34. The predicted octanol–water partition coefficient (Wildman–Crippen LogP) is 4.07. The van der Waals surface area contributed by atoms with E-state index in [0.29, 0.717) is 24.0 Å². The smallest absolute Gasteiger partial charge is 0.254 e. The Morgan fingerprint density at radius 1 is 1.11 bits per heavy atom. The SMILES string of the molecule is COc1ccc2c(c1)CCc1cnc(-n3ncc(C(=O)NCCCc4ccncc4)c3C3CC3)nc1-2. The number of ether oxygens (including phenoxy) is 1. The van der Waals surface area contributed by atoms with Gasteiger partial charge in [0, 0.05) is 36.6 Å². The van der Waals surface area contributed by atoms with Crippen molar-refractivity contribution in [1.29, 1.82) is 0 Å². The number of benzene rings is 1. The van der Waals surface area contributed by atoms with Crippen molar-refractivity contribution in [2.45, 2.75) is 44.4 Å². The fourth-order valence-electron chi connectivity index (χ4n) is 4.90. The number of hydrogen-bond donors (Lipinski definition) is 1. The van der Waals surface area contributed by atoms with Gasteiger partial charge in [-0.25, -0.2) is 14.6 Å². The molecule has 2 aliphatic carbocycles. The molecule has 0 atom stereocenters. The summed E-state index contributed by atoms with van der Waals surface area (Å²) in [5.41, 5.74) is 7.14. The highest BCUT2D eigenvalue weighted by atomic mass is 16.5. The van der Waals surface area contributed by atoms with Crippen LogP contribution in [0.15, 0.2) is 55.1 Å². The zero-order valence-corrected chi connectivity index (χ0v) is 20.3. The van der Waals surface area contributed by atoms with Crippen LogP contribution in [-0.4, -0.2) is 44.3 Å². The Balaban J connectivity index is 1.24. The van der Waals surface area contributed by atoms with E-state index in [9.17, 15) is 4.79 Å². The molecule has 1 fully saturated rings. The number of methoxy groups -OCH3 is 1. The fourth-order valence-corrected chi connectivity index (χ4v) is 4.90. The summed E-state index contributed by atoms with van der Waals surface area (Å²) in [5, 5.41) is 7.65. The average molecular weight is 481 g/mol. The van der Waals surface area contributed by atoms with E-state index >= 15 is 0 Å². The maximum Gasteiger partial charge on any atom is 0.254 e. The Kier molecular flexibility index (Phi) is 5.93. The van der Waals surface area contributed by atoms with Crippen molar-refractivity contribution in [3.63, 3.8) is 0 Å². The predicted molar refractivity (Wildman–Crippen MR) is 135 cm³/mol. The Morgan fingerprint density at radius 3 is 2.75 bits per heavy atom. The van der Waals surface area contributed by atoms with E-state index in [0.717, 1.165) is 66.8 Å². The minimum Gasteiger partial charge on any atom is -0.497 e. The van der Waals surface area contributed by atoms with Gasteiger partial charge in [0.05, 0.1) is 30.3 Å². The van der Waals surface area contributed by atoms with Crippen molar-refractivity contribution in [2.24, 2.45) is 0 Å². The average Bonchev–Trinajstić information content (AvgIpc) is 3.68. The number of amides is 1. The molecule has 0 spiro atoms. The molecule has 2 aliphatic rings. The molecule has 0 saturated heterocycles. The second-order valence-electron chi connectivity index (χ2n) is 9.41. The van der Waals surface area contributed by atoms with Gasteiger partial charge in [0.25, 0.3) is 11.9 Å². The lowest BCUT2D eigenvalue weighted by molar-refractivity contribution is 0.0952. The largest absolute Gasteiger partial charge is 0.497 e. The van der Waals surface area contributed by atoms with Crippen molar-refractivity contribution in [3.05, 3.63) is 83.1 Å². The molecule has 1 aromatic carbocycles. The number of nitrogens with zero attached hydrogens (tertiary/aromatic N) is 5. The number of hydrogen-bond acceptors (Lipinski definition) is 6. The van der Waals surface area contributed by atoms with Gasteiger partial charge in [0.15, 0.2) is 0 Å². The van der Waals surface area contributed by atoms with Crippen molar-refractivity contribution in [3.8, 4) is 23.0 Å². The van der Waals surface area contributed by atoms with Crippen LogP contribution in [0.3, 0.4) is 0 Å². The summed E-state index contributed by atoms with van der Waals surface area (Å²) in [6.07, 6.45) is 12.8. The molecule has 8 heteroatoms. The quantitative estimate of drug-likeness (QED) is 0.382. The van der Waals surface area contributed by atoms with Gasteiger partial charge in [-0.05, 0) is 85.5 Å². The first-order valence-corrected chi connectivity index (χ1v) is 12.5. The van der Waals surface area contributed by atoms with Crippen LogP contribution in [0.1, 0.15) is 57.9 Å². The number of aromatic nitrogens is 5. The van der Waals surface area contributed by atoms with E-state index in [1.54, 1.807) is 30.4 Å². The Bertz CT molecular complexity index is 1410. The standard InChI is InChI=1S/C28H28N6O2/c1-36-22-8-9-23-20(15-22)6-7-21-16-31-28(33-25(21)23)34-26(19-4-5-19)24(17-32-34)27(35)30-12-2-3-18-10-13-29-14-11-18/h8-11,13-17,19H,2-7,12H2,1H3,(H,30,35). The number of pyridine rings is 1. The normalized spacial score (nSPS) is 14.1. The Labute approximate surface area is 209 Å². The zero-order chi connectivity index (χ0) is 24.5. The van der Waals surface area contributed by atoms with Crippen molar-refractivity contribution in [1.82, 2.24) is 30.0 Å². The lowest BCUT2D eigenvalue weighted by Gasteiger charge is -2.20. The minimum absolute atomic E-state index is 0.0896. The molecule has 6 rings (SSSR count). The van der Waals surface area contributed by atoms with Crippen LogP contribution in [0.5, 0.6) is 5.75 Å². The molecular formula is C28H28N6O2. The lowest BCUT2D eigenvalue weighted by Crippen LogP contribution is -2.25. The molecule has 1 saturated carbocycles. The van der Waals surface area contributed by atoms with Crippen molar-refractivity contribution in [2.75, 3.05) is 13.7 Å². The third-order valence-corrected chi connectivity index (χ3v) is 6.96. The van der Waals surface area contributed by atoms with Crippen LogP contribution in [0, 0.1) is 0 Å². The number of aryl methyl sites for hydroxylation is 3. The van der Waals surface area contributed by atoms with Gasteiger partial charge in [-0.2, -0.15) is 5.10 Å². The number of nitrogens with one attached hydrogen (secondary N) is 1. The molecule has 36 heavy (non-hydrogen) atoms. The van der Waals surface area contributed by atoms with Crippen molar-refractivity contribution < 1.29 is 9.53 Å². The topological polar surface area (TPSA) is 94.8 Å². The lowest BCUT2D eigenvalue weighted by atomic mass is 9.90. The first-order chi connectivity index (χ1) is 17.7. The third kappa shape index (κ3) is 4.34. The molecule has 3 heterocycles. The second-order valence-corrected chi connectivity index (χ2v) is 9.41. The summed E-state index contributed by atoms with van der Waals surface area (Å²) in [5.74, 6) is 1.58. The van der Waals surface area contributed by atoms with Gasteiger partial charge in [-0.1, -0.05) is 0 Å². The molecular weight excluding hydrogens is 452 g/mol. The third-order valence-electron chi connectivity index (χ3n) is 6.96. The van der Waals surface area contributed by atoms with E-state index in [-0.39, 0.29) is 5.91 Å². The molecule has 0 bridgehead atoms. The molecule has 8 nitrogen and oxygen atoms in total. The second kappa shape index (κ2) is 9.53. The van der Waals surface area contributed by atoms with Gasteiger partial charge in [-0.15, -0.1) is 0 Å². The van der Waals surface area contributed by atoms with Gasteiger partial charge in [0.2, 0.25) is 0 Å². The highest BCUT2D eigenvalue weighted by molar-refractivity contribution is 5.95. The van der Waals surface area contributed by atoms with Crippen LogP contribution in [0.2, 0.25) is 0 Å². The van der Waals surface area contributed by atoms with E-state index in [1.807, 2.05) is 24.4 Å². The van der Waals surface area contributed by atoms with Crippen LogP contribution in [0.25, 0.3) is 17.2 Å². The highest BCUT2D eigenvalue weighted by Crippen LogP contribution is 2.42. The molecule has 3 aromatic heterocycles. The number of carbonyl (C=O) groups is 1. The summed E-state index contributed by atoms with van der Waals surface area (Å²) in [6.45, 7) is 0.603. The monoisotopic (exact) mass is 480 g/mol. The van der Waals surface area contributed by atoms with E-state index in [2.05, 4.69) is 32.5 Å². The van der Waals surface area contributed by atoms with Crippen LogP contribution in [0.4, 0.5) is 0 Å². The maximum atomic E-state index is 13.1. The van der Waals surface area contributed by atoms with Crippen molar-refractivity contribution >= 4 is 5.91 Å². The minimum atomic E-state index is -0.0896. The van der Waals surface area contributed by atoms with Crippen LogP contribution >= 0.6 is 0 Å². The van der Waals surface area contributed by atoms with E-state index < -0.39 is 0 Å². The Hall–Kier alpha value is -4.07. The molecule has 1 amide bonds. The summed E-state index contributed by atoms with van der Waals surface area (Å²) in [7, 11) is 1.69. The van der Waals surface area contributed by atoms with Crippen LogP contribution in [-0.2, 0) is 19.3 Å². The van der Waals surface area contributed by atoms with Gasteiger partial charge >= 0.3 is 0 Å². The molecule has 0 radical (unpaired) electrons. The summed E-state index contributed by atoms with van der Waals surface area (Å²) >= 11 is 0. The van der Waals surface area contributed by atoms with Gasteiger partial charge in [-0.3, -0.25) is 9.78 Å². The number of carbonyl (C=O) groups excluding carboxylic acids is 1. The maximum absolute atomic E-state index is 13.1. The summed E-state index contributed by atoms with van der Waals surface area (Å²) < 4.78 is 7.17. The van der Waals surface area contributed by atoms with Crippen LogP contribution < -0.4 is 10.1 Å². The molecule has 0 aliphatic heterocycles. The van der Waals surface area contributed by atoms with E-state index in [1.165, 1.54) is 11.1 Å². The molecule has 0 unspecified atom stereocenters. The first-order valence-electron chi connectivity index (χ1n) is 12.5. The summed E-state index contributed by atoms with van der Waals surface area (Å²) in [6, 6.07) is 10.1. The summed E-state index contributed by atoms with van der Waals surface area (Å²) in [4.78, 5) is 26.7.